The summed E-state index contributed by atoms with van der Waals surface area (Å²) < 4.78 is 37.4. The normalized spacial score (nSPS) is 20.8. The van der Waals surface area contributed by atoms with Gasteiger partial charge in [-0.3, -0.25) is 0 Å². The molecule has 6 heteroatoms. The molecule has 3 N–H and O–H groups in total. The highest BCUT2D eigenvalue weighted by Gasteiger charge is 2.36. The third-order valence-electron chi connectivity index (χ3n) is 2.99. The molecule has 94 valence electrons. The molecule has 1 saturated heterocycles. The van der Waals surface area contributed by atoms with E-state index >= 15 is 0 Å². The smallest absolute Gasteiger partial charge is 0.420 e. The third kappa shape index (κ3) is 2.17. The number of benzene rings is 1. The highest BCUT2D eigenvalue weighted by molar-refractivity contribution is 5.52. The summed E-state index contributed by atoms with van der Waals surface area (Å²) in [6.07, 6.45) is -3.92. The molecule has 0 aliphatic carbocycles. The lowest BCUT2D eigenvalue weighted by atomic mass is 9.95. The van der Waals surface area contributed by atoms with Crippen molar-refractivity contribution in [2.24, 2.45) is 0 Å². The van der Waals surface area contributed by atoms with Crippen molar-refractivity contribution in [2.75, 3.05) is 13.1 Å². The molecule has 17 heavy (non-hydrogen) atoms. The summed E-state index contributed by atoms with van der Waals surface area (Å²) in [4.78, 5) is 0. The molecule has 0 amide bonds. The van der Waals surface area contributed by atoms with E-state index in [0.29, 0.717) is 12.1 Å². The zero-order valence-corrected chi connectivity index (χ0v) is 8.88. The molecule has 1 aliphatic heterocycles. The van der Waals surface area contributed by atoms with Gasteiger partial charge in [0.15, 0.2) is 11.5 Å². The molecule has 1 aromatic rings. The Kier molecular flexibility index (Phi) is 2.91. The summed E-state index contributed by atoms with van der Waals surface area (Å²) in [5, 5.41) is 22.1. The zero-order valence-electron chi connectivity index (χ0n) is 8.88. The van der Waals surface area contributed by atoms with Gasteiger partial charge in [0.2, 0.25) is 0 Å². The first-order chi connectivity index (χ1) is 7.91. The van der Waals surface area contributed by atoms with E-state index < -0.39 is 23.2 Å². The van der Waals surface area contributed by atoms with E-state index in [1.807, 2.05) is 0 Å². The summed E-state index contributed by atoms with van der Waals surface area (Å²) in [5.74, 6) is -1.79. The molecule has 3 nitrogen and oxygen atoms in total. The highest BCUT2D eigenvalue weighted by atomic mass is 19.4. The molecular weight excluding hydrogens is 235 g/mol. The van der Waals surface area contributed by atoms with Gasteiger partial charge in [0.1, 0.15) is 5.56 Å². The maximum Gasteiger partial charge on any atom is 0.420 e. The van der Waals surface area contributed by atoms with E-state index in [4.69, 9.17) is 0 Å². The number of rotatable bonds is 1. The monoisotopic (exact) mass is 247 g/mol. The van der Waals surface area contributed by atoms with Crippen LogP contribution in [0.25, 0.3) is 0 Å². The number of alkyl halides is 3. The molecule has 1 heterocycles. The van der Waals surface area contributed by atoms with Crippen LogP contribution in [0.3, 0.4) is 0 Å². The molecular formula is C11H12F3NO2. The molecule has 0 aromatic heterocycles. The summed E-state index contributed by atoms with van der Waals surface area (Å²) >= 11 is 0. The maximum absolute atomic E-state index is 12.5. The molecule has 1 aliphatic rings. The van der Waals surface area contributed by atoms with Crippen molar-refractivity contribution < 1.29 is 23.4 Å². The lowest BCUT2D eigenvalue weighted by Gasteiger charge is -2.15. The van der Waals surface area contributed by atoms with E-state index in [9.17, 15) is 23.4 Å². The Hall–Kier alpha value is -1.43. The Morgan fingerprint density at radius 2 is 1.88 bits per heavy atom. The predicted octanol–water partition coefficient (Wildman–Crippen LogP) is 2.19. The summed E-state index contributed by atoms with van der Waals surface area (Å²) in [6.45, 7) is 1.35. The van der Waals surface area contributed by atoms with Gasteiger partial charge in [-0.05, 0) is 19.0 Å². The van der Waals surface area contributed by atoms with Crippen LogP contribution in [0.4, 0.5) is 13.2 Å². The minimum absolute atomic E-state index is 0.0526. The fourth-order valence-electron chi connectivity index (χ4n) is 2.07. The average molecular weight is 247 g/mol. The van der Waals surface area contributed by atoms with Crippen LogP contribution in [0.1, 0.15) is 23.5 Å². The van der Waals surface area contributed by atoms with Crippen LogP contribution in [0.5, 0.6) is 11.5 Å². The highest BCUT2D eigenvalue weighted by Crippen LogP contribution is 2.44. The van der Waals surface area contributed by atoms with Gasteiger partial charge in [0, 0.05) is 18.0 Å². The fourth-order valence-corrected chi connectivity index (χ4v) is 2.07. The van der Waals surface area contributed by atoms with Gasteiger partial charge in [0.05, 0.1) is 0 Å². The molecule has 1 fully saturated rings. The van der Waals surface area contributed by atoms with Gasteiger partial charge >= 0.3 is 6.18 Å². The van der Waals surface area contributed by atoms with Crippen molar-refractivity contribution in [3.8, 4) is 11.5 Å². The molecule has 1 atom stereocenters. The maximum atomic E-state index is 12.5. The first-order valence-electron chi connectivity index (χ1n) is 5.24. The lowest BCUT2D eigenvalue weighted by molar-refractivity contribution is -0.138. The number of halogens is 3. The summed E-state index contributed by atoms with van der Waals surface area (Å²) in [7, 11) is 0. The molecule has 0 spiro atoms. The average Bonchev–Trinajstić information content (AvgIpc) is 2.73. The van der Waals surface area contributed by atoms with Crippen molar-refractivity contribution in [3.63, 3.8) is 0 Å². The topological polar surface area (TPSA) is 52.5 Å². The SMILES string of the molecule is Oc1c(C2CCNC2)ccc(C(F)(F)F)c1O. The van der Waals surface area contributed by atoms with Gasteiger partial charge in [-0.25, -0.2) is 0 Å². The second-order valence-corrected chi connectivity index (χ2v) is 4.09. The van der Waals surface area contributed by atoms with Crippen molar-refractivity contribution in [2.45, 2.75) is 18.5 Å². The van der Waals surface area contributed by atoms with Crippen LogP contribution in [0.15, 0.2) is 12.1 Å². The van der Waals surface area contributed by atoms with E-state index in [2.05, 4.69) is 5.32 Å². The van der Waals surface area contributed by atoms with E-state index in [1.165, 1.54) is 6.07 Å². The van der Waals surface area contributed by atoms with E-state index in [0.717, 1.165) is 19.0 Å². The van der Waals surface area contributed by atoms with Crippen molar-refractivity contribution in [1.82, 2.24) is 5.32 Å². The first-order valence-corrected chi connectivity index (χ1v) is 5.24. The van der Waals surface area contributed by atoms with Crippen LogP contribution >= 0.6 is 0 Å². The Morgan fingerprint density at radius 1 is 1.18 bits per heavy atom. The van der Waals surface area contributed by atoms with Crippen molar-refractivity contribution >= 4 is 0 Å². The van der Waals surface area contributed by atoms with Crippen LogP contribution in [0, 0.1) is 0 Å². The number of hydrogen-bond donors (Lipinski definition) is 3. The van der Waals surface area contributed by atoms with Gasteiger partial charge in [0.25, 0.3) is 0 Å². The number of hydrogen-bond acceptors (Lipinski definition) is 3. The second-order valence-electron chi connectivity index (χ2n) is 4.09. The Balaban J connectivity index is 2.42. The Bertz CT molecular complexity index is 425. The largest absolute Gasteiger partial charge is 0.504 e. The number of phenolic OH excluding ortho intramolecular Hbond substituents is 2. The molecule has 1 aromatic carbocycles. The molecule has 1 unspecified atom stereocenters. The third-order valence-corrected chi connectivity index (χ3v) is 2.99. The van der Waals surface area contributed by atoms with Gasteiger partial charge in [-0.1, -0.05) is 6.07 Å². The van der Waals surface area contributed by atoms with Gasteiger partial charge in [-0.15, -0.1) is 0 Å². The molecule has 0 bridgehead atoms. The molecule has 2 rings (SSSR count). The minimum atomic E-state index is -4.66. The van der Waals surface area contributed by atoms with Crippen LogP contribution in [-0.4, -0.2) is 23.3 Å². The minimum Gasteiger partial charge on any atom is -0.504 e. The summed E-state index contributed by atoms with van der Waals surface area (Å²) in [5.41, 5.74) is -0.842. The van der Waals surface area contributed by atoms with E-state index in [-0.39, 0.29) is 5.92 Å². The quantitative estimate of drug-likeness (QED) is 0.667. The van der Waals surface area contributed by atoms with E-state index in [1.54, 1.807) is 0 Å². The van der Waals surface area contributed by atoms with Gasteiger partial charge in [-0.2, -0.15) is 13.2 Å². The van der Waals surface area contributed by atoms with Crippen LogP contribution in [-0.2, 0) is 6.18 Å². The molecule has 0 radical (unpaired) electrons. The van der Waals surface area contributed by atoms with Crippen LogP contribution in [0.2, 0.25) is 0 Å². The molecule has 0 saturated carbocycles. The number of nitrogens with one attached hydrogen (secondary N) is 1. The Morgan fingerprint density at radius 3 is 2.41 bits per heavy atom. The standard InChI is InChI=1S/C11H12F3NO2/c12-11(13,14)8-2-1-7(9(16)10(8)17)6-3-4-15-5-6/h1-2,6,15-17H,3-5H2. The Labute approximate surface area is 95.9 Å². The van der Waals surface area contributed by atoms with Crippen molar-refractivity contribution in [3.05, 3.63) is 23.3 Å². The zero-order chi connectivity index (χ0) is 12.6. The van der Waals surface area contributed by atoms with Crippen LogP contribution < -0.4 is 5.32 Å². The van der Waals surface area contributed by atoms with Crippen molar-refractivity contribution in [1.29, 1.82) is 0 Å². The second kappa shape index (κ2) is 4.10. The fraction of sp³-hybridized carbons (Fsp3) is 0.455. The lowest BCUT2D eigenvalue weighted by Crippen LogP contribution is -2.09. The first kappa shape index (κ1) is 12.0. The summed E-state index contributed by atoms with van der Waals surface area (Å²) in [6, 6.07) is 2.04. The number of phenols is 2. The number of aromatic hydroxyl groups is 2. The van der Waals surface area contributed by atoms with Gasteiger partial charge < -0.3 is 15.5 Å². The predicted molar refractivity (Wildman–Crippen MR) is 55.0 cm³/mol.